The first-order valence-electron chi connectivity index (χ1n) is 5.46. The third kappa shape index (κ3) is 2.60. The van der Waals surface area contributed by atoms with Crippen molar-refractivity contribution in [2.75, 3.05) is 0 Å². The van der Waals surface area contributed by atoms with Crippen molar-refractivity contribution in [1.29, 1.82) is 0 Å². The molecular weight excluding hydrogens is 207 g/mol. The molecular formula is C13H15FO2. The molecule has 0 saturated heterocycles. The van der Waals surface area contributed by atoms with Gasteiger partial charge in [-0.25, -0.2) is 4.39 Å². The zero-order valence-corrected chi connectivity index (χ0v) is 9.28. The summed E-state index contributed by atoms with van der Waals surface area (Å²) in [6.45, 7) is 1.80. The number of carbonyl (C=O) groups is 1. The number of alkyl halides is 1. The Labute approximate surface area is 94.4 Å². The van der Waals surface area contributed by atoms with Crippen LogP contribution in [-0.4, -0.2) is 11.6 Å². The highest BCUT2D eigenvalue weighted by atomic mass is 19.1. The van der Waals surface area contributed by atoms with E-state index in [1.165, 1.54) is 6.92 Å². The van der Waals surface area contributed by atoms with Crippen molar-refractivity contribution in [3.8, 4) is 0 Å². The Bertz CT molecular complexity index is 365. The topological polar surface area (TPSA) is 26.3 Å². The smallest absolute Gasteiger partial charge is 0.309 e. The molecule has 0 atom stereocenters. The van der Waals surface area contributed by atoms with Gasteiger partial charge in [-0.2, -0.15) is 0 Å². The van der Waals surface area contributed by atoms with Crippen LogP contribution >= 0.6 is 0 Å². The van der Waals surface area contributed by atoms with Crippen molar-refractivity contribution in [3.63, 3.8) is 0 Å². The fourth-order valence-corrected chi connectivity index (χ4v) is 1.98. The van der Waals surface area contributed by atoms with E-state index in [-0.39, 0.29) is 18.5 Å². The van der Waals surface area contributed by atoms with Gasteiger partial charge in [0.05, 0.1) is 5.92 Å². The molecule has 0 bridgehead atoms. The lowest BCUT2D eigenvalue weighted by Gasteiger charge is -2.36. The Balaban J connectivity index is 1.77. The van der Waals surface area contributed by atoms with Crippen LogP contribution in [0, 0.1) is 5.92 Å². The number of ether oxygens (including phenoxy) is 1. The van der Waals surface area contributed by atoms with E-state index in [9.17, 15) is 9.18 Å². The molecule has 16 heavy (non-hydrogen) atoms. The van der Waals surface area contributed by atoms with Gasteiger partial charge in [0.2, 0.25) is 0 Å². The Morgan fingerprint density at radius 2 is 2.06 bits per heavy atom. The summed E-state index contributed by atoms with van der Waals surface area (Å²) in [5, 5.41) is 0. The fraction of sp³-hybridized carbons (Fsp3) is 0.462. The van der Waals surface area contributed by atoms with E-state index in [1.54, 1.807) is 0 Å². The highest BCUT2D eigenvalue weighted by Crippen LogP contribution is 2.41. The van der Waals surface area contributed by atoms with E-state index in [1.807, 2.05) is 30.3 Å². The summed E-state index contributed by atoms with van der Waals surface area (Å²) in [4.78, 5) is 11.5. The lowest BCUT2D eigenvalue weighted by atomic mass is 9.73. The van der Waals surface area contributed by atoms with Gasteiger partial charge in [0, 0.05) is 0 Å². The highest BCUT2D eigenvalue weighted by molar-refractivity contribution is 5.74. The molecule has 0 heterocycles. The third-order valence-electron chi connectivity index (χ3n) is 2.90. The second kappa shape index (κ2) is 4.24. The quantitative estimate of drug-likeness (QED) is 0.735. The van der Waals surface area contributed by atoms with Crippen LogP contribution in [0.5, 0.6) is 0 Å². The summed E-state index contributed by atoms with van der Waals surface area (Å²) >= 11 is 0. The summed E-state index contributed by atoms with van der Waals surface area (Å²) < 4.78 is 18.3. The number of rotatable bonds is 3. The summed E-state index contributed by atoms with van der Waals surface area (Å²) in [6.07, 6.45) is 0.585. The number of carbonyl (C=O) groups excluding carboxylic acids is 1. The molecule has 0 aliphatic heterocycles. The average Bonchev–Trinajstić information content (AvgIpc) is 2.24. The second-order valence-electron chi connectivity index (χ2n) is 4.61. The average molecular weight is 222 g/mol. The first-order chi connectivity index (χ1) is 7.57. The number of halogens is 1. The van der Waals surface area contributed by atoms with Crippen LogP contribution in [0.1, 0.15) is 25.3 Å². The molecule has 0 spiro atoms. The molecule has 0 aromatic heterocycles. The first kappa shape index (κ1) is 11.1. The molecule has 0 radical (unpaired) electrons. The molecule has 1 aromatic rings. The minimum Gasteiger partial charge on any atom is -0.461 e. The van der Waals surface area contributed by atoms with Crippen LogP contribution in [0.2, 0.25) is 0 Å². The first-order valence-corrected chi connectivity index (χ1v) is 5.46. The summed E-state index contributed by atoms with van der Waals surface area (Å²) in [5.74, 6) is -0.530. The molecule has 0 amide bonds. The predicted octanol–water partition coefficient (Wildman–Crippen LogP) is 2.87. The summed E-state index contributed by atoms with van der Waals surface area (Å²) in [5.41, 5.74) is -0.214. The Kier molecular flexibility index (Phi) is 2.95. The van der Waals surface area contributed by atoms with Crippen LogP contribution < -0.4 is 0 Å². The minimum atomic E-state index is -1.17. The Hall–Kier alpha value is -1.38. The third-order valence-corrected chi connectivity index (χ3v) is 2.90. The summed E-state index contributed by atoms with van der Waals surface area (Å²) in [7, 11) is 0. The van der Waals surface area contributed by atoms with E-state index >= 15 is 0 Å². The van der Waals surface area contributed by atoms with Gasteiger partial charge in [0.1, 0.15) is 12.3 Å². The number of benzene rings is 1. The molecule has 0 N–H and O–H groups in total. The van der Waals surface area contributed by atoms with Gasteiger partial charge in [-0.15, -0.1) is 0 Å². The van der Waals surface area contributed by atoms with E-state index in [2.05, 4.69) is 0 Å². The molecule has 2 nitrogen and oxygen atoms in total. The minimum absolute atomic E-state index is 0.251. The van der Waals surface area contributed by atoms with Gasteiger partial charge in [-0.1, -0.05) is 30.3 Å². The van der Waals surface area contributed by atoms with Gasteiger partial charge < -0.3 is 4.74 Å². The van der Waals surface area contributed by atoms with Crippen LogP contribution in [-0.2, 0) is 16.1 Å². The maximum absolute atomic E-state index is 13.2. The van der Waals surface area contributed by atoms with Crippen molar-refractivity contribution < 1.29 is 13.9 Å². The van der Waals surface area contributed by atoms with Crippen LogP contribution in [0.4, 0.5) is 4.39 Å². The van der Waals surface area contributed by atoms with Gasteiger partial charge in [-0.05, 0) is 25.3 Å². The van der Waals surface area contributed by atoms with E-state index in [0.717, 1.165) is 5.56 Å². The van der Waals surface area contributed by atoms with E-state index in [0.29, 0.717) is 12.8 Å². The largest absolute Gasteiger partial charge is 0.461 e. The zero-order chi connectivity index (χ0) is 11.6. The van der Waals surface area contributed by atoms with Crippen LogP contribution in [0.15, 0.2) is 30.3 Å². The highest BCUT2D eigenvalue weighted by Gasteiger charge is 2.45. The maximum Gasteiger partial charge on any atom is 0.309 e. The van der Waals surface area contributed by atoms with Crippen molar-refractivity contribution >= 4 is 5.97 Å². The Morgan fingerprint density at radius 3 is 2.62 bits per heavy atom. The lowest BCUT2D eigenvalue weighted by molar-refractivity contribution is -0.158. The number of hydrogen-bond acceptors (Lipinski definition) is 2. The second-order valence-corrected chi connectivity index (χ2v) is 4.61. The number of hydrogen-bond donors (Lipinski definition) is 0. The standard InChI is InChI=1S/C13H15FO2/c1-13(14)7-11(8-13)12(15)16-9-10-5-3-2-4-6-10/h2-6,11H,7-9H2,1H3/t11-,13-. The molecule has 1 aromatic carbocycles. The molecule has 86 valence electrons. The van der Waals surface area contributed by atoms with Gasteiger partial charge >= 0.3 is 5.97 Å². The van der Waals surface area contributed by atoms with Gasteiger partial charge in [0.15, 0.2) is 0 Å². The van der Waals surface area contributed by atoms with Crippen molar-refractivity contribution in [1.82, 2.24) is 0 Å². The van der Waals surface area contributed by atoms with Crippen LogP contribution in [0.25, 0.3) is 0 Å². The van der Waals surface area contributed by atoms with E-state index in [4.69, 9.17) is 4.74 Å². The zero-order valence-electron chi connectivity index (χ0n) is 9.28. The molecule has 1 aliphatic rings. The van der Waals surface area contributed by atoms with Crippen molar-refractivity contribution in [3.05, 3.63) is 35.9 Å². The SMILES string of the molecule is C[C@]1(F)C[C@H](C(=O)OCc2ccccc2)C1. The van der Waals surface area contributed by atoms with Crippen LogP contribution in [0.3, 0.4) is 0 Å². The van der Waals surface area contributed by atoms with Gasteiger partial charge in [-0.3, -0.25) is 4.79 Å². The molecule has 2 rings (SSSR count). The number of esters is 1. The fourth-order valence-electron chi connectivity index (χ4n) is 1.98. The normalized spacial score (nSPS) is 28.2. The molecule has 1 fully saturated rings. The lowest BCUT2D eigenvalue weighted by Crippen LogP contribution is -2.41. The summed E-state index contributed by atoms with van der Waals surface area (Å²) in [6, 6.07) is 9.49. The van der Waals surface area contributed by atoms with Crippen molar-refractivity contribution in [2.24, 2.45) is 5.92 Å². The van der Waals surface area contributed by atoms with Crippen molar-refractivity contribution in [2.45, 2.75) is 32.0 Å². The predicted molar refractivity (Wildman–Crippen MR) is 58.5 cm³/mol. The monoisotopic (exact) mass is 222 g/mol. The molecule has 1 saturated carbocycles. The van der Waals surface area contributed by atoms with E-state index < -0.39 is 5.67 Å². The molecule has 3 heteroatoms. The maximum atomic E-state index is 13.2. The van der Waals surface area contributed by atoms with Gasteiger partial charge in [0.25, 0.3) is 0 Å². The molecule has 1 aliphatic carbocycles. The Morgan fingerprint density at radius 1 is 1.44 bits per heavy atom. The molecule has 0 unspecified atom stereocenters.